The largest absolute Gasteiger partial charge is 0.352 e. The highest BCUT2D eigenvalue weighted by Crippen LogP contribution is 2.21. The number of nitrogens with zero attached hydrogens (tertiary/aromatic N) is 4. The van der Waals surface area contributed by atoms with Crippen LogP contribution in [0.5, 0.6) is 0 Å². The van der Waals surface area contributed by atoms with E-state index in [2.05, 4.69) is 31.4 Å². The van der Waals surface area contributed by atoms with Crippen LogP contribution in [-0.4, -0.2) is 53.6 Å². The molecular formula is C16H16BrN5O2. The number of amides is 2. The Balaban J connectivity index is 1.65. The summed E-state index contributed by atoms with van der Waals surface area (Å²) in [5.74, 6) is 0.393. The van der Waals surface area contributed by atoms with Crippen LogP contribution in [-0.2, 0) is 4.79 Å². The maximum Gasteiger partial charge on any atom is 0.276 e. The third-order valence-corrected chi connectivity index (χ3v) is 4.48. The molecule has 1 saturated heterocycles. The topological polar surface area (TPSA) is 78.4 Å². The lowest BCUT2D eigenvalue weighted by Gasteiger charge is -2.32. The van der Waals surface area contributed by atoms with Crippen LogP contribution in [0.1, 0.15) is 10.5 Å². The van der Waals surface area contributed by atoms with Crippen molar-refractivity contribution >= 4 is 39.8 Å². The fourth-order valence-corrected chi connectivity index (χ4v) is 2.80. The third kappa shape index (κ3) is 3.70. The molecule has 0 atom stereocenters. The second-order valence-corrected chi connectivity index (χ2v) is 6.19. The standard InChI is InChI=1S/C16H16BrN5O2/c17-12-3-1-2-4-13(12)18-16(24)14-5-6-15(20-19-14)22-9-7-21(11-23)8-10-22/h1-6,11H,7-10H2,(H,18,24). The molecule has 1 aromatic heterocycles. The van der Waals surface area contributed by atoms with Crippen molar-refractivity contribution in [2.75, 3.05) is 36.4 Å². The van der Waals surface area contributed by atoms with Gasteiger partial charge in [0.15, 0.2) is 11.5 Å². The van der Waals surface area contributed by atoms with Gasteiger partial charge in [0.2, 0.25) is 6.41 Å². The summed E-state index contributed by atoms with van der Waals surface area (Å²) in [6, 6.07) is 10.8. The lowest BCUT2D eigenvalue weighted by atomic mass is 10.3. The normalized spacial score (nSPS) is 14.4. The maximum absolute atomic E-state index is 12.2. The zero-order valence-electron chi connectivity index (χ0n) is 12.9. The Morgan fingerprint density at radius 2 is 1.83 bits per heavy atom. The minimum atomic E-state index is -0.313. The van der Waals surface area contributed by atoms with Gasteiger partial charge in [0.1, 0.15) is 0 Å². The molecule has 0 unspecified atom stereocenters. The zero-order valence-corrected chi connectivity index (χ0v) is 14.4. The summed E-state index contributed by atoms with van der Waals surface area (Å²) in [5.41, 5.74) is 0.930. The van der Waals surface area contributed by atoms with E-state index in [9.17, 15) is 9.59 Å². The molecule has 3 rings (SSSR count). The molecule has 7 nitrogen and oxygen atoms in total. The van der Waals surface area contributed by atoms with Crippen LogP contribution in [0.2, 0.25) is 0 Å². The Labute approximate surface area is 147 Å². The summed E-state index contributed by atoms with van der Waals surface area (Å²) < 4.78 is 0.802. The fraction of sp³-hybridized carbons (Fsp3) is 0.250. The van der Waals surface area contributed by atoms with Crippen molar-refractivity contribution in [2.24, 2.45) is 0 Å². The number of aromatic nitrogens is 2. The molecule has 24 heavy (non-hydrogen) atoms. The summed E-state index contributed by atoms with van der Waals surface area (Å²) in [5, 5.41) is 10.9. The van der Waals surface area contributed by atoms with Gasteiger partial charge in [0, 0.05) is 30.7 Å². The lowest BCUT2D eigenvalue weighted by molar-refractivity contribution is -0.118. The lowest BCUT2D eigenvalue weighted by Crippen LogP contribution is -2.46. The maximum atomic E-state index is 12.2. The predicted molar refractivity (Wildman–Crippen MR) is 94.0 cm³/mol. The van der Waals surface area contributed by atoms with Gasteiger partial charge < -0.3 is 15.1 Å². The summed E-state index contributed by atoms with van der Waals surface area (Å²) in [6.45, 7) is 2.73. The van der Waals surface area contributed by atoms with Crippen LogP contribution in [0.3, 0.4) is 0 Å². The average Bonchev–Trinajstić information content (AvgIpc) is 2.64. The molecule has 1 aliphatic rings. The number of halogens is 1. The quantitative estimate of drug-likeness (QED) is 0.806. The van der Waals surface area contributed by atoms with E-state index in [-0.39, 0.29) is 11.6 Å². The van der Waals surface area contributed by atoms with E-state index in [1.54, 1.807) is 23.1 Å². The van der Waals surface area contributed by atoms with Gasteiger partial charge in [-0.1, -0.05) is 12.1 Å². The van der Waals surface area contributed by atoms with E-state index in [0.717, 1.165) is 10.9 Å². The van der Waals surface area contributed by atoms with Crippen molar-refractivity contribution in [3.05, 3.63) is 46.6 Å². The second-order valence-electron chi connectivity index (χ2n) is 5.34. The Bertz CT molecular complexity index is 730. The number of hydrogen-bond acceptors (Lipinski definition) is 5. The van der Waals surface area contributed by atoms with Gasteiger partial charge in [0.25, 0.3) is 5.91 Å². The zero-order chi connectivity index (χ0) is 16.9. The first-order chi connectivity index (χ1) is 11.7. The number of carbonyl (C=O) groups excluding carboxylic acids is 2. The van der Waals surface area contributed by atoms with Gasteiger partial charge in [-0.2, -0.15) is 0 Å². The fourth-order valence-electron chi connectivity index (χ4n) is 2.42. The smallest absolute Gasteiger partial charge is 0.276 e. The van der Waals surface area contributed by atoms with Gasteiger partial charge in [-0.3, -0.25) is 9.59 Å². The van der Waals surface area contributed by atoms with Crippen LogP contribution < -0.4 is 10.2 Å². The van der Waals surface area contributed by atoms with E-state index < -0.39 is 0 Å². The summed E-state index contributed by atoms with van der Waals surface area (Å²) in [6.07, 6.45) is 0.859. The minimum absolute atomic E-state index is 0.251. The Morgan fingerprint density at radius 3 is 2.46 bits per heavy atom. The summed E-state index contributed by atoms with van der Waals surface area (Å²) in [7, 11) is 0. The van der Waals surface area contributed by atoms with Gasteiger partial charge in [-0.15, -0.1) is 10.2 Å². The number of rotatable bonds is 4. The number of carbonyl (C=O) groups is 2. The molecule has 0 spiro atoms. The highest BCUT2D eigenvalue weighted by atomic mass is 79.9. The molecule has 8 heteroatoms. The highest BCUT2D eigenvalue weighted by molar-refractivity contribution is 9.10. The number of nitrogens with one attached hydrogen (secondary N) is 1. The number of hydrogen-bond donors (Lipinski definition) is 1. The van der Waals surface area contributed by atoms with Crippen LogP contribution in [0.15, 0.2) is 40.9 Å². The molecule has 0 radical (unpaired) electrons. The highest BCUT2D eigenvalue weighted by Gasteiger charge is 2.18. The molecule has 0 aliphatic carbocycles. The molecule has 2 aromatic rings. The van der Waals surface area contributed by atoms with Gasteiger partial charge in [-0.05, 0) is 40.2 Å². The second kappa shape index (κ2) is 7.39. The molecular weight excluding hydrogens is 374 g/mol. The summed E-state index contributed by atoms with van der Waals surface area (Å²) >= 11 is 3.39. The van der Waals surface area contributed by atoms with Crippen molar-refractivity contribution in [3.63, 3.8) is 0 Å². The van der Waals surface area contributed by atoms with Gasteiger partial charge >= 0.3 is 0 Å². The first-order valence-corrected chi connectivity index (χ1v) is 8.30. The number of benzene rings is 1. The third-order valence-electron chi connectivity index (χ3n) is 3.79. The van der Waals surface area contributed by atoms with Crippen LogP contribution >= 0.6 is 15.9 Å². The van der Waals surface area contributed by atoms with E-state index in [1.165, 1.54) is 0 Å². The monoisotopic (exact) mass is 389 g/mol. The molecule has 2 amide bonds. The van der Waals surface area contributed by atoms with E-state index in [0.29, 0.717) is 37.7 Å². The van der Waals surface area contributed by atoms with Crippen molar-refractivity contribution in [1.82, 2.24) is 15.1 Å². The van der Waals surface area contributed by atoms with Crippen molar-refractivity contribution in [3.8, 4) is 0 Å². The predicted octanol–water partition coefficient (Wildman–Crippen LogP) is 1.77. The molecule has 0 bridgehead atoms. The molecule has 0 saturated carbocycles. The van der Waals surface area contributed by atoms with Crippen molar-refractivity contribution < 1.29 is 9.59 Å². The SMILES string of the molecule is O=CN1CCN(c2ccc(C(=O)Nc3ccccc3Br)nn2)CC1. The van der Waals surface area contributed by atoms with Crippen molar-refractivity contribution in [2.45, 2.75) is 0 Å². The Kier molecular flexibility index (Phi) is 5.05. The van der Waals surface area contributed by atoms with E-state index in [4.69, 9.17) is 0 Å². The van der Waals surface area contributed by atoms with E-state index >= 15 is 0 Å². The molecule has 1 fully saturated rings. The summed E-state index contributed by atoms with van der Waals surface area (Å²) in [4.78, 5) is 26.7. The molecule has 2 heterocycles. The minimum Gasteiger partial charge on any atom is -0.352 e. The Morgan fingerprint density at radius 1 is 1.08 bits per heavy atom. The van der Waals surface area contributed by atoms with Crippen LogP contribution in [0.4, 0.5) is 11.5 Å². The average molecular weight is 390 g/mol. The number of anilines is 2. The van der Waals surface area contributed by atoms with E-state index in [1.807, 2.05) is 23.1 Å². The molecule has 1 aliphatic heterocycles. The van der Waals surface area contributed by atoms with Crippen LogP contribution in [0.25, 0.3) is 0 Å². The molecule has 1 N–H and O–H groups in total. The van der Waals surface area contributed by atoms with Gasteiger partial charge in [-0.25, -0.2) is 0 Å². The molecule has 1 aromatic carbocycles. The van der Waals surface area contributed by atoms with Crippen LogP contribution in [0, 0.1) is 0 Å². The first-order valence-electron chi connectivity index (χ1n) is 7.51. The molecule has 124 valence electrons. The first kappa shape index (κ1) is 16.4. The Hall–Kier alpha value is -2.48. The number of para-hydroxylation sites is 1. The number of piperazine rings is 1. The van der Waals surface area contributed by atoms with Gasteiger partial charge in [0.05, 0.1) is 5.69 Å². The van der Waals surface area contributed by atoms with Crippen molar-refractivity contribution in [1.29, 1.82) is 0 Å².